The molecule has 1 aliphatic rings. The summed E-state index contributed by atoms with van der Waals surface area (Å²) in [6.07, 6.45) is 1.70. The molecule has 0 aliphatic carbocycles. The zero-order valence-corrected chi connectivity index (χ0v) is 12.3. The lowest BCUT2D eigenvalue weighted by Crippen LogP contribution is -2.27. The minimum Gasteiger partial charge on any atom is -0.268 e. The number of carbonyl (C=O) groups is 2. The molecule has 22 heavy (non-hydrogen) atoms. The van der Waals surface area contributed by atoms with Crippen LogP contribution in [0.15, 0.2) is 59.5 Å². The Morgan fingerprint density at radius 2 is 1.68 bits per heavy atom. The van der Waals surface area contributed by atoms with E-state index < -0.39 is 0 Å². The molecular formula is C17H12FNO2S. The van der Waals surface area contributed by atoms with Gasteiger partial charge in [-0.05, 0) is 41.1 Å². The van der Waals surface area contributed by atoms with Crippen LogP contribution < -0.4 is 0 Å². The molecule has 1 fully saturated rings. The Morgan fingerprint density at radius 3 is 2.36 bits per heavy atom. The number of hydrogen-bond acceptors (Lipinski definition) is 3. The van der Waals surface area contributed by atoms with Crippen molar-refractivity contribution in [1.29, 1.82) is 0 Å². The van der Waals surface area contributed by atoms with Crippen molar-refractivity contribution in [3.63, 3.8) is 0 Å². The molecule has 1 saturated heterocycles. The van der Waals surface area contributed by atoms with Crippen LogP contribution >= 0.6 is 11.8 Å². The van der Waals surface area contributed by atoms with E-state index in [0.29, 0.717) is 10.5 Å². The van der Waals surface area contributed by atoms with Gasteiger partial charge >= 0.3 is 0 Å². The van der Waals surface area contributed by atoms with Gasteiger partial charge in [-0.3, -0.25) is 14.5 Å². The molecule has 5 heteroatoms. The maximum Gasteiger partial charge on any atom is 0.293 e. The third-order valence-electron chi connectivity index (χ3n) is 3.22. The molecule has 0 N–H and O–H groups in total. The minimum absolute atomic E-state index is 0.150. The molecule has 0 aromatic heterocycles. The summed E-state index contributed by atoms with van der Waals surface area (Å²) < 4.78 is 12.9. The Hall–Kier alpha value is -2.40. The molecule has 0 unspecified atom stereocenters. The normalized spacial score (nSPS) is 16.6. The molecule has 0 bridgehead atoms. The van der Waals surface area contributed by atoms with Crippen LogP contribution in [0.5, 0.6) is 0 Å². The molecule has 2 aromatic carbocycles. The Morgan fingerprint density at radius 1 is 1.00 bits per heavy atom. The molecule has 0 atom stereocenters. The van der Waals surface area contributed by atoms with Crippen LogP contribution in [0.3, 0.4) is 0 Å². The van der Waals surface area contributed by atoms with Crippen LogP contribution in [0.4, 0.5) is 9.18 Å². The fourth-order valence-electron chi connectivity index (χ4n) is 2.11. The van der Waals surface area contributed by atoms with Crippen molar-refractivity contribution in [2.45, 2.75) is 6.54 Å². The topological polar surface area (TPSA) is 37.4 Å². The molecule has 1 heterocycles. The molecule has 110 valence electrons. The maximum absolute atomic E-state index is 12.9. The summed E-state index contributed by atoms with van der Waals surface area (Å²) in [4.78, 5) is 25.9. The fourth-order valence-corrected chi connectivity index (χ4v) is 2.95. The van der Waals surface area contributed by atoms with E-state index in [2.05, 4.69) is 0 Å². The van der Waals surface area contributed by atoms with Gasteiger partial charge in [0, 0.05) is 0 Å². The fraction of sp³-hybridized carbons (Fsp3) is 0.0588. The van der Waals surface area contributed by atoms with Crippen LogP contribution in [-0.4, -0.2) is 16.0 Å². The van der Waals surface area contributed by atoms with Gasteiger partial charge in [-0.25, -0.2) is 4.39 Å². The summed E-state index contributed by atoms with van der Waals surface area (Å²) >= 11 is 0.923. The number of imide groups is 1. The Bertz CT molecular complexity index is 741. The van der Waals surface area contributed by atoms with E-state index in [1.54, 1.807) is 18.2 Å². The second-order valence-corrected chi connectivity index (χ2v) is 5.80. The SMILES string of the molecule is O=C1S/C(=C/c2ccccc2)C(=O)N1Cc1ccc(F)cc1. The third-order valence-corrected chi connectivity index (χ3v) is 4.13. The van der Waals surface area contributed by atoms with Gasteiger partial charge in [-0.1, -0.05) is 42.5 Å². The number of amides is 2. The summed E-state index contributed by atoms with van der Waals surface area (Å²) in [7, 11) is 0. The highest BCUT2D eigenvalue weighted by molar-refractivity contribution is 8.18. The van der Waals surface area contributed by atoms with Crippen molar-refractivity contribution in [3.05, 3.63) is 76.4 Å². The van der Waals surface area contributed by atoms with E-state index in [9.17, 15) is 14.0 Å². The smallest absolute Gasteiger partial charge is 0.268 e. The monoisotopic (exact) mass is 313 g/mol. The number of hydrogen-bond donors (Lipinski definition) is 0. The van der Waals surface area contributed by atoms with Gasteiger partial charge in [0.05, 0.1) is 11.4 Å². The van der Waals surface area contributed by atoms with Gasteiger partial charge in [-0.15, -0.1) is 0 Å². The van der Waals surface area contributed by atoms with Gasteiger partial charge < -0.3 is 0 Å². The summed E-state index contributed by atoms with van der Waals surface area (Å²) in [5.74, 6) is -0.662. The number of thioether (sulfide) groups is 1. The molecule has 0 spiro atoms. The molecule has 2 aromatic rings. The second-order valence-electron chi connectivity index (χ2n) is 4.81. The molecule has 0 saturated carbocycles. The quantitative estimate of drug-likeness (QED) is 0.802. The summed E-state index contributed by atoms with van der Waals surface area (Å²) in [5.41, 5.74) is 1.58. The number of rotatable bonds is 3. The Kier molecular flexibility index (Phi) is 4.06. The van der Waals surface area contributed by atoms with E-state index in [-0.39, 0.29) is 23.5 Å². The van der Waals surface area contributed by atoms with Crippen LogP contribution in [-0.2, 0) is 11.3 Å². The molecule has 0 radical (unpaired) electrons. The van der Waals surface area contributed by atoms with Crippen molar-refractivity contribution >= 4 is 29.0 Å². The lowest BCUT2D eigenvalue weighted by atomic mass is 10.2. The maximum atomic E-state index is 12.9. The van der Waals surface area contributed by atoms with Gasteiger partial charge in [-0.2, -0.15) is 0 Å². The first kappa shape index (κ1) is 14.5. The zero-order valence-electron chi connectivity index (χ0n) is 11.5. The van der Waals surface area contributed by atoms with Gasteiger partial charge in [0.25, 0.3) is 11.1 Å². The van der Waals surface area contributed by atoms with Gasteiger partial charge in [0.15, 0.2) is 0 Å². The second kappa shape index (κ2) is 6.15. The van der Waals surface area contributed by atoms with E-state index >= 15 is 0 Å². The first-order chi connectivity index (χ1) is 10.6. The highest BCUT2D eigenvalue weighted by Crippen LogP contribution is 2.33. The number of carbonyl (C=O) groups excluding carboxylic acids is 2. The molecule has 3 rings (SSSR count). The van der Waals surface area contributed by atoms with E-state index in [1.807, 2.05) is 30.3 Å². The highest BCUT2D eigenvalue weighted by atomic mass is 32.2. The van der Waals surface area contributed by atoms with Crippen LogP contribution in [0.2, 0.25) is 0 Å². The standard InChI is InChI=1S/C17H12FNO2S/c18-14-8-6-13(7-9-14)11-19-16(20)15(22-17(19)21)10-12-4-2-1-3-5-12/h1-10H,11H2/b15-10+. The van der Waals surface area contributed by atoms with Crippen LogP contribution in [0.1, 0.15) is 11.1 Å². The highest BCUT2D eigenvalue weighted by Gasteiger charge is 2.34. The third kappa shape index (κ3) is 3.09. The molecular weight excluding hydrogens is 301 g/mol. The van der Waals surface area contributed by atoms with Gasteiger partial charge in [0.1, 0.15) is 5.82 Å². The predicted octanol–water partition coefficient (Wildman–Crippen LogP) is 4.06. The van der Waals surface area contributed by atoms with E-state index in [0.717, 1.165) is 17.3 Å². The van der Waals surface area contributed by atoms with Crippen molar-refractivity contribution < 1.29 is 14.0 Å². The summed E-state index contributed by atoms with van der Waals surface area (Å²) in [5, 5.41) is -0.309. The van der Waals surface area contributed by atoms with Gasteiger partial charge in [0.2, 0.25) is 0 Å². The van der Waals surface area contributed by atoms with E-state index in [4.69, 9.17) is 0 Å². The average molecular weight is 313 g/mol. The Labute approximate surface area is 131 Å². The van der Waals surface area contributed by atoms with E-state index in [1.165, 1.54) is 17.0 Å². The van der Waals surface area contributed by atoms with Crippen LogP contribution in [0.25, 0.3) is 6.08 Å². The largest absolute Gasteiger partial charge is 0.293 e. The van der Waals surface area contributed by atoms with Crippen molar-refractivity contribution in [3.8, 4) is 0 Å². The zero-order chi connectivity index (χ0) is 15.5. The first-order valence-electron chi connectivity index (χ1n) is 6.68. The minimum atomic E-state index is -0.345. The molecule has 2 amide bonds. The Balaban J connectivity index is 1.80. The lowest BCUT2D eigenvalue weighted by molar-refractivity contribution is -0.123. The molecule has 3 nitrogen and oxygen atoms in total. The number of halogens is 1. The van der Waals surface area contributed by atoms with Crippen LogP contribution in [0, 0.1) is 5.82 Å². The number of nitrogens with zero attached hydrogens (tertiary/aromatic N) is 1. The van der Waals surface area contributed by atoms with Crippen molar-refractivity contribution in [1.82, 2.24) is 4.90 Å². The summed E-state index contributed by atoms with van der Waals surface area (Å²) in [6.45, 7) is 0.150. The average Bonchev–Trinajstić information content (AvgIpc) is 2.78. The van der Waals surface area contributed by atoms with Crippen molar-refractivity contribution in [2.24, 2.45) is 0 Å². The lowest BCUT2D eigenvalue weighted by Gasteiger charge is -2.12. The molecule has 1 aliphatic heterocycles. The predicted molar refractivity (Wildman–Crippen MR) is 84.4 cm³/mol. The summed E-state index contributed by atoms with van der Waals surface area (Å²) in [6, 6.07) is 15.1. The first-order valence-corrected chi connectivity index (χ1v) is 7.50. The van der Waals surface area contributed by atoms with Crippen molar-refractivity contribution in [2.75, 3.05) is 0 Å². The number of benzene rings is 2.